The Morgan fingerprint density at radius 1 is 1.11 bits per heavy atom. The van der Waals surface area contributed by atoms with E-state index in [1.807, 2.05) is 18.2 Å². The van der Waals surface area contributed by atoms with Gasteiger partial charge in [-0.2, -0.15) is 0 Å². The van der Waals surface area contributed by atoms with Crippen LogP contribution in [0.25, 0.3) is 0 Å². The Morgan fingerprint density at radius 2 is 1.74 bits per heavy atom. The molecule has 3 N–H and O–H groups in total. The van der Waals surface area contributed by atoms with Crippen LogP contribution in [-0.4, -0.2) is 5.91 Å². The van der Waals surface area contributed by atoms with Crippen LogP contribution in [0.2, 0.25) is 0 Å². The number of primary amides is 1. The van der Waals surface area contributed by atoms with E-state index >= 15 is 0 Å². The molecule has 2 aromatic carbocycles. The van der Waals surface area contributed by atoms with E-state index in [1.54, 1.807) is 6.07 Å². The Hall–Kier alpha value is -2.29. The van der Waals surface area contributed by atoms with Gasteiger partial charge in [0.2, 0.25) is 5.91 Å². The van der Waals surface area contributed by atoms with Crippen molar-refractivity contribution in [1.82, 2.24) is 0 Å². The standard InChI is InChI=1S/C16H18N2O/c1-11-7-12(2)9-14(8-11)18-10-13-5-3-4-6-15(13)16(17)19/h3-9,18H,10H2,1-2H3,(H2,17,19). The minimum atomic E-state index is -0.391. The zero-order valence-electron chi connectivity index (χ0n) is 11.2. The molecule has 3 heteroatoms. The van der Waals surface area contributed by atoms with Crippen molar-refractivity contribution in [2.45, 2.75) is 20.4 Å². The maximum absolute atomic E-state index is 11.3. The number of hydrogen-bond acceptors (Lipinski definition) is 2. The Labute approximate surface area is 113 Å². The number of carbonyl (C=O) groups excluding carboxylic acids is 1. The highest BCUT2D eigenvalue weighted by molar-refractivity contribution is 5.94. The topological polar surface area (TPSA) is 55.1 Å². The number of aryl methyl sites for hydroxylation is 2. The van der Waals surface area contributed by atoms with Crippen LogP contribution in [0.5, 0.6) is 0 Å². The molecule has 0 saturated heterocycles. The maximum atomic E-state index is 11.3. The van der Waals surface area contributed by atoms with Gasteiger partial charge in [0.15, 0.2) is 0 Å². The molecule has 0 atom stereocenters. The summed E-state index contributed by atoms with van der Waals surface area (Å²) >= 11 is 0. The zero-order chi connectivity index (χ0) is 13.8. The Morgan fingerprint density at radius 3 is 2.37 bits per heavy atom. The predicted octanol–water partition coefficient (Wildman–Crippen LogP) is 3.01. The van der Waals surface area contributed by atoms with E-state index in [9.17, 15) is 4.79 Å². The number of hydrogen-bond donors (Lipinski definition) is 2. The summed E-state index contributed by atoms with van der Waals surface area (Å²) in [6.45, 7) is 4.72. The molecule has 0 unspecified atom stereocenters. The molecule has 0 heterocycles. The third-order valence-electron chi connectivity index (χ3n) is 2.99. The van der Waals surface area contributed by atoms with Crippen LogP contribution < -0.4 is 11.1 Å². The normalized spacial score (nSPS) is 10.2. The van der Waals surface area contributed by atoms with Crippen molar-refractivity contribution >= 4 is 11.6 Å². The summed E-state index contributed by atoms with van der Waals surface area (Å²) in [6.07, 6.45) is 0. The van der Waals surface area contributed by atoms with Gasteiger partial charge in [-0.05, 0) is 48.7 Å². The molecule has 0 bridgehead atoms. The minimum Gasteiger partial charge on any atom is -0.381 e. The van der Waals surface area contributed by atoms with Crippen molar-refractivity contribution in [1.29, 1.82) is 0 Å². The molecule has 0 fully saturated rings. The van der Waals surface area contributed by atoms with Crippen LogP contribution in [0.1, 0.15) is 27.0 Å². The summed E-state index contributed by atoms with van der Waals surface area (Å²) < 4.78 is 0. The van der Waals surface area contributed by atoms with Gasteiger partial charge in [0.05, 0.1) is 0 Å². The molecule has 0 aliphatic carbocycles. The van der Waals surface area contributed by atoms with E-state index in [4.69, 9.17) is 5.73 Å². The number of benzene rings is 2. The van der Waals surface area contributed by atoms with Crippen molar-refractivity contribution in [2.24, 2.45) is 5.73 Å². The lowest BCUT2D eigenvalue weighted by molar-refractivity contribution is 0.0999. The van der Waals surface area contributed by atoms with Crippen molar-refractivity contribution in [3.63, 3.8) is 0 Å². The van der Waals surface area contributed by atoms with Gasteiger partial charge in [-0.3, -0.25) is 4.79 Å². The lowest BCUT2D eigenvalue weighted by Crippen LogP contribution is -2.15. The van der Waals surface area contributed by atoms with Crippen LogP contribution in [0.3, 0.4) is 0 Å². The Bertz CT molecular complexity index is 585. The van der Waals surface area contributed by atoms with Gasteiger partial charge in [-0.25, -0.2) is 0 Å². The van der Waals surface area contributed by atoms with E-state index in [1.165, 1.54) is 11.1 Å². The van der Waals surface area contributed by atoms with Crippen molar-refractivity contribution < 1.29 is 4.79 Å². The van der Waals surface area contributed by atoms with Gasteiger partial charge >= 0.3 is 0 Å². The fraction of sp³-hybridized carbons (Fsp3) is 0.188. The molecular formula is C16H18N2O. The summed E-state index contributed by atoms with van der Waals surface area (Å²) in [7, 11) is 0. The van der Waals surface area contributed by atoms with E-state index in [-0.39, 0.29) is 0 Å². The number of carbonyl (C=O) groups is 1. The second-order valence-corrected chi connectivity index (χ2v) is 4.75. The number of nitrogens with two attached hydrogens (primary N) is 1. The van der Waals surface area contributed by atoms with Crippen LogP contribution in [0, 0.1) is 13.8 Å². The Kier molecular flexibility index (Phi) is 3.85. The molecule has 98 valence electrons. The highest BCUT2D eigenvalue weighted by atomic mass is 16.1. The van der Waals surface area contributed by atoms with Crippen LogP contribution in [0.15, 0.2) is 42.5 Å². The van der Waals surface area contributed by atoms with E-state index in [0.29, 0.717) is 12.1 Å². The second-order valence-electron chi connectivity index (χ2n) is 4.75. The third kappa shape index (κ3) is 3.35. The fourth-order valence-corrected chi connectivity index (χ4v) is 2.19. The summed E-state index contributed by atoms with van der Waals surface area (Å²) in [5, 5.41) is 3.33. The van der Waals surface area contributed by atoms with Crippen molar-refractivity contribution in [3.8, 4) is 0 Å². The number of anilines is 1. The first-order valence-corrected chi connectivity index (χ1v) is 6.26. The summed E-state index contributed by atoms with van der Waals surface area (Å²) in [6, 6.07) is 13.7. The largest absolute Gasteiger partial charge is 0.381 e. The van der Waals surface area contributed by atoms with Gasteiger partial charge < -0.3 is 11.1 Å². The predicted molar refractivity (Wildman–Crippen MR) is 78.2 cm³/mol. The van der Waals surface area contributed by atoms with Gasteiger partial charge in [-0.15, -0.1) is 0 Å². The molecule has 0 saturated carbocycles. The highest BCUT2D eigenvalue weighted by Crippen LogP contribution is 2.16. The van der Waals surface area contributed by atoms with Crippen LogP contribution in [-0.2, 0) is 6.54 Å². The lowest BCUT2D eigenvalue weighted by Gasteiger charge is -2.11. The average molecular weight is 254 g/mol. The van der Waals surface area contributed by atoms with Gasteiger partial charge in [0, 0.05) is 17.8 Å². The van der Waals surface area contributed by atoms with Gasteiger partial charge in [0.25, 0.3) is 0 Å². The molecular weight excluding hydrogens is 236 g/mol. The first-order chi connectivity index (χ1) is 9.06. The summed E-state index contributed by atoms with van der Waals surface area (Å²) in [5.41, 5.74) is 10.3. The molecule has 0 aromatic heterocycles. The molecule has 3 nitrogen and oxygen atoms in total. The fourth-order valence-electron chi connectivity index (χ4n) is 2.19. The minimum absolute atomic E-state index is 0.391. The molecule has 0 aliphatic rings. The molecule has 0 spiro atoms. The van der Waals surface area contributed by atoms with Crippen molar-refractivity contribution in [3.05, 3.63) is 64.7 Å². The molecule has 0 radical (unpaired) electrons. The molecule has 0 aliphatic heterocycles. The summed E-state index contributed by atoms with van der Waals surface area (Å²) in [4.78, 5) is 11.3. The maximum Gasteiger partial charge on any atom is 0.249 e. The molecule has 2 aromatic rings. The van der Waals surface area contributed by atoms with Gasteiger partial charge in [-0.1, -0.05) is 24.3 Å². The smallest absolute Gasteiger partial charge is 0.249 e. The second kappa shape index (κ2) is 5.57. The van der Waals surface area contributed by atoms with E-state index in [0.717, 1.165) is 11.3 Å². The van der Waals surface area contributed by atoms with Crippen LogP contribution in [0.4, 0.5) is 5.69 Å². The van der Waals surface area contributed by atoms with E-state index in [2.05, 4.69) is 37.4 Å². The molecule has 19 heavy (non-hydrogen) atoms. The summed E-state index contributed by atoms with van der Waals surface area (Å²) in [5.74, 6) is -0.391. The number of rotatable bonds is 4. The van der Waals surface area contributed by atoms with E-state index < -0.39 is 5.91 Å². The van der Waals surface area contributed by atoms with Crippen molar-refractivity contribution in [2.75, 3.05) is 5.32 Å². The lowest BCUT2D eigenvalue weighted by atomic mass is 10.1. The SMILES string of the molecule is Cc1cc(C)cc(NCc2ccccc2C(N)=O)c1. The van der Waals surface area contributed by atoms with Crippen LogP contribution >= 0.6 is 0 Å². The average Bonchev–Trinajstić information content (AvgIpc) is 2.35. The zero-order valence-corrected chi connectivity index (χ0v) is 11.2. The highest BCUT2D eigenvalue weighted by Gasteiger charge is 2.06. The number of nitrogens with one attached hydrogen (secondary N) is 1. The first-order valence-electron chi connectivity index (χ1n) is 6.26. The third-order valence-corrected chi connectivity index (χ3v) is 2.99. The molecule has 2 rings (SSSR count). The molecule has 1 amide bonds. The quantitative estimate of drug-likeness (QED) is 0.881. The first kappa shape index (κ1) is 13.1. The number of amides is 1. The monoisotopic (exact) mass is 254 g/mol. The van der Waals surface area contributed by atoms with Gasteiger partial charge in [0.1, 0.15) is 0 Å². The Balaban J connectivity index is 2.16.